The summed E-state index contributed by atoms with van der Waals surface area (Å²) in [7, 11) is 0. The molecule has 10 rings (SSSR count). The Labute approximate surface area is 289 Å². The van der Waals surface area contributed by atoms with Gasteiger partial charge in [-0.1, -0.05) is 133 Å². The number of para-hydroxylation sites is 4. The van der Waals surface area contributed by atoms with Crippen LogP contribution in [0.1, 0.15) is 22.7 Å². The normalized spacial score (nSPS) is 14.6. The highest BCUT2D eigenvalue weighted by Crippen LogP contribution is 2.38. The first-order valence-electron chi connectivity index (χ1n) is 17.1. The molecule has 0 bridgehead atoms. The second kappa shape index (κ2) is 11.5. The molecule has 0 saturated carbocycles. The van der Waals surface area contributed by atoms with Crippen molar-refractivity contribution < 1.29 is 0 Å². The van der Waals surface area contributed by atoms with Crippen LogP contribution < -0.4 is 5.32 Å². The quantitative estimate of drug-likeness (QED) is 0.200. The zero-order chi connectivity index (χ0) is 33.0. The fourth-order valence-corrected chi connectivity index (χ4v) is 7.68. The number of amidine groups is 1. The zero-order valence-electron chi connectivity index (χ0n) is 27.2. The van der Waals surface area contributed by atoms with Crippen molar-refractivity contribution in [2.75, 3.05) is 0 Å². The Morgan fingerprint density at radius 1 is 0.420 bits per heavy atom. The van der Waals surface area contributed by atoms with Gasteiger partial charge in [0.2, 0.25) is 0 Å². The molecule has 2 aromatic heterocycles. The highest BCUT2D eigenvalue weighted by atomic mass is 15.1. The van der Waals surface area contributed by atoms with Crippen molar-refractivity contribution in [1.29, 1.82) is 0 Å². The summed E-state index contributed by atoms with van der Waals surface area (Å²) < 4.78 is 4.83. The molecule has 0 radical (unpaired) electrons. The number of benzene rings is 7. The highest BCUT2D eigenvalue weighted by Gasteiger charge is 2.23. The molecule has 3 heterocycles. The maximum atomic E-state index is 5.40. The van der Waals surface area contributed by atoms with Gasteiger partial charge in [-0.3, -0.25) is 4.99 Å². The molecule has 1 unspecified atom stereocenters. The SMILES string of the molecule is C1=C(c2ccccc2)NC(c2ccccc2)=NC1c1cc(-n2c3ccccc3c3ccccc32)cc(-n2c3ccccc3c3ccccc32)c1. The minimum Gasteiger partial charge on any atom is -0.340 e. The zero-order valence-corrected chi connectivity index (χ0v) is 27.2. The molecule has 0 spiro atoms. The van der Waals surface area contributed by atoms with Crippen LogP contribution in [0, 0.1) is 0 Å². The minimum absolute atomic E-state index is 0.235. The van der Waals surface area contributed by atoms with E-state index in [1.54, 1.807) is 0 Å². The molecular weight excluding hydrogens is 609 g/mol. The minimum atomic E-state index is -0.235. The first-order valence-corrected chi connectivity index (χ1v) is 17.1. The van der Waals surface area contributed by atoms with E-state index in [-0.39, 0.29) is 6.04 Å². The summed E-state index contributed by atoms with van der Waals surface area (Å²) in [6, 6.07) is 62.6. The molecule has 0 aliphatic carbocycles. The van der Waals surface area contributed by atoms with E-state index in [2.05, 4.69) is 190 Å². The van der Waals surface area contributed by atoms with E-state index < -0.39 is 0 Å². The van der Waals surface area contributed by atoms with E-state index in [1.165, 1.54) is 43.6 Å². The van der Waals surface area contributed by atoms with Gasteiger partial charge >= 0.3 is 0 Å². The van der Waals surface area contributed by atoms with Gasteiger partial charge in [0.25, 0.3) is 0 Å². The van der Waals surface area contributed by atoms with Gasteiger partial charge in [-0.2, -0.15) is 0 Å². The number of aliphatic imine (C=N–C) groups is 1. The van der Waals surface area contributed by atoms with Gasteiger partial charge in [0.05, 0.1) is 28.1 Å². The summed E-state index contributed by atoms with van der Waals surface area (Å²) in [5.74, 6) is 0.859. The third-order valence-electron chi connectivity index (χ3n) is 9.92. The molecule has 4 nitrogen and oxygen atoms in total. The Morgan fingerprint density at radius 3 is 1.28 bits per heavy atom. The van der Waals surface area contributed by atoms with Gasteiger partial charge in [-0.25, -0.2) is 0 Å². The topological polar surface area (TPSA) is 34.2 Å². The molecule has 1 aliphatic rings. The maximum Gasteiger partial charge on any atom is 0.133 e. The average molecular weight is 641 g/mol. The predicted molar refractivity (Wildman–Crippen MR) is 208 cm³/mol. The second-order valence-corrected chi connectivity index (χ2v) is 12.9. The number of fused-ring (bicyclic) bond motifs is 6. The number of hydrogen-bond acceptors (Lipinski definition) is 2. The molecule has 236 valence electrons. The lowest BCUT2D eigenvalue weighted by Crippen LogP contribution is -2.27. The molecule has 7 aromatic carbocycles. The number of aromatic nitrogens is 2. The van der Waals surface area contributed by atoms with Gasteiger partial charge in [-0.05, 0) is 59.7 Å². The van der Waals surface area contributed by atoms with Crippen molar-refractivity contribution in [2.45, 2.75) is 6.04 Å². The first kappa shape index (κ1) is 28.4. The molecule has 0 fully saturated rings. The fraction of sp³-hybridized carbons (Fsp3) is 0.0217. The highest BCUT2D eigenvalue weighted by molar-refractivity contribution is 6.11. The maximum absolute atomic E-state index is 5.40. The second-order valence-electron chi connectivity index (χ2n) is 12.9. The first-order chi connectivity index (χ1) is 24.8. The van der Waals surface area contributed by atoms with Crippen molar-refractivity contribution >= 4 is 55.1 Å². The summed E-state index contributed by atoms with van der Waals surface area (Å²) in [4.78, 5) is 5.40. The predicted octanol–water partition coefficient (Wildman–Crippen LogP) is 11.0. The van der Waals surface area contributed by atoms with E-state index in [1.807, 2.05) is 6.07 Å². The number of hydrogen-bond donors (Lipinski definition) is 1. The van der Waals surface area contributed by atoms with Crippen molar-refractivity contribution in [3.8, 4) is 11.4 Å². The fourth-order valence-electron chi connectivity index (χ4n) is 7.68. The lowest BCUT2D eigenvalue weighted by molar-refractivity contribution is 0.875. The van der Waals surface area contributed by atoms with E-state index in [9.17, 15) is 0 Å². The van der Waals surface area contributed by atoms with Crippen LogP contribution >= 0.6 is 0 Å². The monoisotopic (exact) mass is 640 g/mol. The summed E-state index contributed by atoms with van der Waals surface area (Å²) in [5.41, 5.74) is 11.3. The Balaban J connectivity index is 1.28. The molecule has 1 N–H and O–H groups in total. The van der Waals surface area contributed by atoms with E-state index >= 15 is 0 Å². The van der Waals surface area contributed by atoms with Gasteiger partial charge in [0.15, 0.2) is 0 Å². The Hall–Kier alpha value is -6.65. The van der Waals surface area contributed by atoms with Crippen molar-refractivity contribution in [2.24, 2.45) is 4.99 Å². The van der Waals surface area contributed by atoms with Crippen LogP contribution in [-0.4, -0.2) is 15.0 Å². The molecular formula is C46H32N4. The Kier molecular flexibility index (Phi) is 6.53. The summed E-state index contributed by atoms with van der Waals surface area (Å²) >= 11 is 0. The van der Waals surface area contributed by atoms with E-state index in [4.69, 9.17) is 4.99 Å². The van der Waals surface area contributed by atoms with Crippen LogP contribution in [0.2, 0.25) is 0 Å². The van der Waals surface area contributed by atoms with Crippen LogP contribution in [0.25, 0.3) is 60.7 Å². The van der Waals surface area contributed by atoms with Crippen LogP contribution in [0.3, 0.4) is 0 Å². The van der Waals surface area contributed by atoms with Crippen LogP contribution in [-0.2, 0) is 0 Å². The number of nitrogens with zero attached hydrogens (tertiary/aromatic N) is 3. The molecule has 0 saturated heterocycles. The molecule has 0 amide bonds. The number of nitrogens with one attached hydrogen (secondary N) is 1. The molecule has 9 aromatic rings. The Morgan fingerprint density at radius 2 is 0.820 bits per heavy atom. The smallest absolute Gasteiger partial charge is 0.133 e. The summed E-state index contributed by atoms with van der Waals surface area (Å²) in [5, 5.41) is 8.63. The summed E-state index contributed by atoms with van der Waals surface area (Å²) in [6.45, 7) is 0. The summed E-state index contributed by atoms with van der Waals surface area (Å²) in [6.07, 6.45) is 2.27. The Bertz CT molecular complexity index is 2490. The lowest BCUT2D eigenvalue weighted by atomic mass is 9.99. The van der Waals surface area contributed by atoms with Crippen molar-refractivity contribution in [1.82, 2.24) is 14.5 Å². The van der Waals surface area contributed by atoms with Crippen LogP contribution in [0.15, 0.2) is 187 Å². The lowest BCUT2D eigenvalue weighted by Gasteiger charge is -2.24. The van der Waals surface area contributed by atoms with E-state index in [0.29, 0.717) is 0 Å². The van der Waals surface area contributed by atoms with Crippen molar-refractivity contribution in [3.63, 3.8) is 0 Å². The molecule has 1 aliphatic heterocycles. The largest absolute Gasteiger partial charge is 0.340 e. The van der Waals surface area contributed by atoms with Gasteiger partial charge in [-0.15, -0.1) is 0 Å². The van der Waals surface area contributed by atoms with Gasteiger partial charge in [0, 0.05) is 44.2 Å². The van der Waals surface area contributed by atoms with Crippen molar-refractivity contribution in [3.05, 3.63) is 199 Å². The standard InChI is InChI=1S/C46H32N4/c1-3-15-31(16-4-1)40-30-41(48-46(47-40)32-17-5-2-6-18-32)33-27-34(49-42-23-11-7-19-36(42)37-20-8-12-24-43(37)49)29-35(28-33)50-44-25-13-9-21-38(44)39-22-10-14-26-45(39)50/h1-30,41H,(H,47,48). The third-order valence-corrected chi connectivity index (χ3v) is 9.92. The average Bonchev–Trinajstić information content (AvgIpc) is 3.71. The molecule has 4 heteroatoms. The molecule has 50 heavy (non-hydrogen) atoms. The van der Waals surface area contributed by atoms with Crippen LogP contribution in [0.4, 0.5) is 0 Å². The number of rotatable bonds is 5. The van der Waals surface area contributed by atoms with Crippen LogP contribution in [0.5, 0.6) is 0 Å². The molecule has 1 atom stereocenters. The van der Waals surface area contributed by atoms with E-state index in [0.717, 1.165) is 39.6 Å². The third kappa shape index (κ3) is 4.57. The van der Waals surface area contributed by atoms with Gasteiger partial charge in [0.1, 0.15) is 5.84 Å². The van der Waals surface area contributed by atoms with Gasteiger partial charge < -0.3 is 14.5 Å².